The number of hydrogen-bond acceptors (Lipinski definition) is 2. The molecule has 23 heavy (non-hydrogen) atoms. The highest BCUT2D eigenvalue weighted by molar-refractivity contribution is 5.71. The molecule has 4 nitrogen and oxygen atoms in total. The van der Waals surface area contributed by atoms with E-state index in [-0.39, 0.29) is 22.7 Å². The van der Waals surface area contributed by atoms with Crippen LogP contribution in [0.5, 0.6) is 0 Å². The largest absolute Gasteiger partial charge is 0.329 e. The van der Waals surface area contributed by atoms with Gasteiger partial charge in [0, 0.05) is 22.6 Å². The summed E-state index contributed by atoms with van der Waals surface area (Å²) < 4.78 is 1.35. The molecule has 0 amide bonds. The lowest BCUT2D eigenvalue weighted by molar-refractivity contribution is 0.375. The molecule has 0 fully saturated rings. The zero-order valence-electron chi connectivity index (χ0n) is 14.3. The van der Waals surface area contributed by atoms with Crippen molar-refractivity contribution in [3.63, 3.8) is 0 Å². The van der Waals surface area contributed by atoms with E-state index in [1.165, 1.54) is 10.1 Å². The van der Waals surface area contributed by atoms with Gasteiger partial charge in [-0.05, 0) is 38.7 Å². The van der Waals surface area contributed by atoms with Gasteiger partial charge in [-0.1, -0.05) is 38.1 Å². The molecule has 0 saturated carbocycles. The summed E-state index contributed by atoms with van der Waals surface area (Å²) in [6.45, 7) is 8.01. The minimum atomic E-state index is -0.318. The Morgan fingerprint density at radius 2 is 1.83 bits per heavy atom. The Morgan fingerprint density at radius 1 is 1.17 bits per heavy atom. The Kier molecular flexibility index (Phi) is 3.78. The summed E-state index contributed by atoms with van der Waals surface area (Å²) >= 11 is 0. The van der Waals surface area contributed by atoms with E-state index in [1.807, 2.05) is 32.0 Å². The van der Waals surface area contributed by atoms with Crippen LogP contribution in [0.1, 0.15) is 57.7 Å². The van der Waals surface area contributed by atoms with Crippen molar-refractivity contribution in [1.29, 1.82) is 0 Å². The average molecular weight is 312 g/mol. The van der Waals surface area contributed by atoms with Gasteiger partial charge in [-0.25, -0.2) is 4.79 Å². The normalized spacial score (nSPS) is 15.3. The fraction of sp³-hybridized carbons (Fsp3) is 0.474. The molecule has 3 rings (SSSR count). The van der Waals surface area contributed by atoms with Crippen LogP contribution in [0.25, 0.3) is 11.3 Å². The monoisotopic (exact) mass is 312 g/mol. The van der Waals surface area contributed by atoms with Gasteiger partial charge in [-0.15, -0.1) is 0 Å². The molecular weight excluding hydrogens is 288 g/mol. The molecule has 0 unspecified atom stereocenters. The van der Waals surface area contributed by atoms with Crippen LogP contribution in [0.3, 0.4) is 0 Å². The summed E-state index contributed by atoms with van der Waals surface area (Å²) in [5, 5.41) is 0. The number of aromatic amines is 1. The molecule has 4 heteroatoms. The summed E-state index contributed by atoms with van der Waals surface area (Å²) in [6, 6.07) is 7.93. The van der Waals surface area contributed by atoms with E-state index < -0.39 is 0 Å². The quantitative estimate of drug-likeness (QED) is 0.944. The molecule has 2 aromatic rings. The van der Waals surface area contributed by atoms with Gasteiger partial charge >= 0.3 is 5.69 Å². The van der Waals surface area contributed by atoms with E-state index in [0.717, 1.165) is 36.1 Å². The Balaban J connectivity index is 2.47. The highest BCUT2D eigenvalue weighted by Gasteiger charge is 2.40. The van der Waals surface area contributed by atoms with Gasteiger partial charge in [0.2, 0.25) is 0 Å². The maximum atomic E-state index is 13.2. The Bertz CT molecular complexity index is 854. The highest BCUT2D eigenvalue weighted by atomic mass is 16.2. The number of nitrogens with one attached hydrogen (secondary N) is 1. The number of benzene rings is 1. The first-order chi connectivity index (χ1) is 10.9. The lowest BCUT2D eigenvalue weighted by atomic mass is 9.66. The van der Waals surface area contributed by atoms with Crippen molar-refractivity contribution in [2.24, 2.45) is 0 Å². The zero-order chi connectivity index (χ0) is 16.8. The molecule has 0 atom stereocenters. The predicted molar refractivity (Wildman–Crippen MR) is 93.1 cm³/mol. The maximum absolute atomic E-state index is 13.2. The van der Waals surface area contributed by atoms with Gasteiger partial charge in [-0.2, -0.15) is 0 Å². The van der Waals surface area contributed by atoms with Crippen molar-refractivity contribution in [2.75, 3.05) is 0 Å². The van der Waals surface area contributed by atoms with E-state index in [2.05, 4.69) is 24.9 Å². The van der Waals surface area contributed by atoms with Crippen molar-refractivity contribution in [2.45, 2.75) is 58.4 Å². The van der Waals surface area contributed by atoms with Crippen LogP contribution in [0.4, 0.5) is 0 Å². The van der Waals surface area contributed by atoms with Gasteiger partial charge in [0.25, 0.3) is 5.56 Å². The number of hydrogen-bond donors (Lipinski definition) is 1. The fourth-order valence-corrected chi connectivity index (χ4v) is 3.94. The van der Waals surface area contributed by atoms with Gasteiger partial charge in [0.15, 0.2) is 0 Å². The highest BCUT2D eigenvalue weighted by Crippen LogP contribution is 2.44. The maximum Gasteiger partial charge on any atom is 0.329 e. The van der Waals surface area contributed by atoms with Crippen molar-refractivity contribution in [3.8, 4) is 11.3 Å². The Hall–Kier alpha value is -2.10. The summed E-state index contributed by atoms with van der Waals surface area (Å²) in [4.78, 5) is 28.6. The fourth-order valence-electron chi connectivity index (χ4n) is 3.94. The van der Waals surface area contributed by atoms with Gasteiger partial charge < -0.3 is 4.98 Å². The first kappa shape index (κ1) is 15.8. The molecular formula is C19H24N2O2. The molecule has 1 aromatic heterocycles. The lowest BCUT2D eigenvalue weighted by Crippen LogP contribution is -2.46. The van der Waals surface area contributed by atoms with Crippen LogP contribution in [-0.2, 0) is 11.8 Å². The summed E-state index contributed by atoms with van der Waals surface area (Å²) in [5.74, 6) is 0. The van der Waals surface area contributed by atoms with Crippen LogP contribution in [-0.4, -0.2) is 9.55 Å². The average Bonchev–Trinajstić information content (AvgIpc) is 2.53. The molecule has 0 saturated heterocycles. The molecule has 122 valence electrons. The van der Waals surface area contributed by atoms with E-state index in [0.29, 0.717) is 0 Å². The third-order valence-electron chi connectivity index (χ3n) is 5.35. The molecule has 1 N–H and O–H groups in total. The first-order valence-electron chi connectivity index (χ1n) is 8.42. The van der Waals surface area contributed by atoms with Gasteiger partial charge in [0.05, 0.1) is 5.69 Å². The SMILES string of the molecule is CCC1(CC)Cc2ccccc2-c2[nH]c(=O)n(C(C)C)c(=O)c21. The second-order valence-electron chi connectivity index (χ2n) is 6.77. The summed E-state index contributed by atoms with van der Waals surface area (Å²) in [7, 11) is 0. The topological polar surface area (TPSA) is 54.9 Å². The molecule has 1 aromatic carbocycles. The third-order valence-corrected chi connectivity index (χ3v) is 5.35. The van der Waals surface area contributed by atoms with Crippen molar-refractivity contribution < 1.29 is 0 Å². The number of nitrogens with zero attached hydrogens (tertiary/aromatic N) is 1. The first-order valence-corrected chi connectivity index (χ1v) is 8.42. The second-order valence-corrected chi connectivity index (χ2v) is 6.77. The van der Waals surface area contributed by atoms with E-state index in [1.54, 1.807) is 0 Å². The van der Waals surface area contributed by atoms with E-state index >= 15 is 0 Å². The summed E-state index contributed by atoms with van der Waals surface area (Å²) in [6.07, 6.45) is 2.61. The van der Waals surface area contributed by atoms with Crippen molar-refractivity contribution in [1.82, 2.24) is 9.55 Å². The zero-order valence-corrected chi connectivity index (χ0v) is 14.3. The van der Waals surface area contributed by atoms with Crippen LogP contribution < -0.4 is 11.2 Å². The van der Waals surface area contributed by atoms with Crippen molar-refractivity contribution >= 4 is 0 Å². The second kappa shape index (κ2) is 5.52. The Morgan fingerprint density at radius 3 is 2.43 bits per heavy atom. The molecule has 1 aliphatic rings. The van der Waals surface area contributed by atoms with Crippen LogP contribution in [0, 0.1) is 0 Å². The number of rotatable bonds is 3. The smallest absolute Gasteiger partial charge is 0.306 e. The standard InChI is InChI=1S/C19H24N2O2/c1-5-19(6-2)11-13-9-7-8-10-14(13)16-15(19)17(22)21(12(3)4)18(23)20-16/h7-10,12H,5-6,11H2,1-4H3,(H,20,23). The van der Waals surface area contributed by atoms with E-state index in [9.17, 15) is 9.59 Å². The minimum Gasteiger partial charge on any atom is -0.306 e. The summed E-state index contributed by atoms with van der Waals surface area (Å²) in [5.41, 5.74) is 3.06. The molecule has 0 spiro atoms. The number of aromatic nitrogens is 2. The minimum absolute atomic E-state index is 0.128. The van der Waals surface area contributed by atoms with Crippen LogP contribution in [0.15, 0.2) is 33.9 Å². The Labute approximate surface area is 136 Å². The lowest BCUT2D eigenvalue weighted by Gasteiger charge is -2.38. The molecule has 0 aliphatic heterocycles. The van der Waals surface area contributed by atoms with Gasteiger partial charge in [-0.3, -0.25) is 9.36 Å². The number of H-pyrrole nitrogens is 1. The molecule has 0 radical (unpaired) electrons. The molecule has 1 heterocycles. The predicted octanol–water partition coefficient (Wildman–Crippen LogP) is 3.40. The van der Waals surface area contributed by atoms with Crippen LogP contribution >= 0.6 is 0 Å². The van der Waals surface area contributed by atoms with Crippen molar-refractivity contribution in [3.05, 3.63) is 56.2 Å². The van der Waals surface area contributed by atoms with Crippen LogP contribution in [0.2, 0.25) is 0 Å². The number of fused-ring (bicyclic) bond motifs is 3. The molecule has 1 aliphatic carbocycles. The van der Waals surface area contributed by atoms with E-state index in [4.69, 9.17) is 0 Å². The van der Waals surface area contributed by atoms with Gasteiger partial charge in [0.1, 0.15) is 0 Å². The molecule has 0 bridgehead atoms. The third kappa shape index (κ3) is 2.19.